The molecule has 1 aromatic rings. The molecule has 0 saturated heterocycles. The van der Waals surface area contributed by atoms with Crippen LogP contribution in [0.5, 0.6) is 0 Å². The van der Waals surface area contributed by atoms with Gasteiger partial charge in [-0.05, 0) is 24.1 Å². The summed E-state index contributed by atoms with van der Waals surface area (Å²) in [7, 11) is -3.16. The average Bonchev–Trinajstić information content (AvgIpc) is 2.18. The molecule has 0 aliphatic carbocycles. The van der Waals surface area contributed by atoms with Gasteiger partial charge in [0.1, 0.15) is 0 Å². The second kappa shape index (κ2) is 4.15. The number of thiol groups is 1. The van der Waals surface area contributed by atoms with Crippen LogP contribution in [0.2, 0.25) is 0 Å². The maximum absolute atomic E-state index is 11.3. The van der Waals surface area contributed by atoms with Gasteiger partial charge in [0.25, 0.3) is 0 Å². The first kappa shape index (κ1) is 10.6. The van der Waals surface area contributed by atoms with Crippen LogP contribution in [0, 0.1) is 0 Å². The maximum Gasteiger partial charge on any atom is 0.187 e. The minimum Gasteiger partial charge on any atom is -0.223 e. The van der Waals surface area contributed by atoms with Crippen molar-refractivity contribution in [1.29, 1.82) is 0 Å². The van der Waals surface area contributed by atoms with Crippen LogP contribution in [0.3, 0.4) is 0 Å². The molecule has 1 rings (SSSR count). The smallest absolute Gasteiger partial charge is 0.187 e. The van der Waals surface area contributed by atoms with Crippen molar-refractivity contribution in [2.75, 3.05) is 5.08 Å². The summed E-state index contributed by atoms with van der Waals surface area (Å²) in [5.74, 6) is 0. The van der Waals surface area contributed by atoms with Crippen molar-refractivity contribution in [3.05, 3.63) is 29.8 Å². The fourth-order valence-electron chi connectivity index (χ4n) is 1.01. The molecule has 0 heterocycles. The molecule has 0 aromatic heterocycles. The third kappa shape index (κ3) is 2.48. The van der Waals surface area contributed by atoms with E-state index in [9.17, 15) is 8.42 Å². The van der Waals surface area contributed by atoms with E-state index in [1.165, 1.54) is 0 Å². The molecule has 13 heavy (non-hydrogen) atoms. The summed E-state index contributed by atoms with van der Waals surface area (Å²) in [6.45, 7) is 2.03. The Morgan fingerprint density at radius 2 is 1.77 bits per heavy atom. The van der Waals surface area contributed by atoms with Crippen LogP contribution in [0.4, 0.5) is 0 Å². The van der Waals surface area contributed by atoms with Gasteiger partial charge in [0.15, 0.2) is 9.84 Å². The van der Waals surface area contributed by atoms with Crippen LogP contribution in [0.25, 0.3) is 0 Å². The minimum atomic E-state index is -3.16. The van der Waals surface area contributed by atoms with Crippen molar-refractivity contribution in [3.63, 3.8) is 0 Å². The molecular formula is C9H12O2S2. The number of sulfone groups is 1. The van der Waals surface area contributed by atoms with Gasteiger partial charge in [-0.3, -0.25) is 0 Å². The molecule has 0 unspecified atom stereocenters. The Kier molecular flexibility index (Phi) is 3.39. The molecule has 0 aliphatic heterocycles. The second-order valence-electron chi connectivity index (χ2n) is 2.74. The lowest BCUT2D eigenvalue weighted by Crippen LogP contribution is -2.01. The van der Waals surface area contributed by atoms with Crippen LogP contribution in [0.1, 0.15) is 12.5 Å². The van der Waals surface area contributed by atoms with Gasteiger partial charge in [-0.2, -0.15) is 12.6 Å². The maximum atomic E-state index is 11.3. The summed E-state index contributed by atoms with van der Waals surface area (Å²) in [6, 6.07) is 6.92. The molecule has 4 heteroatoms. The SMILES string of the molecule is CCc1ccc(S(=O)(=O)CS)cc1. The summed E-state index contributed by atoms with van der Waals surface area (Å²) in [5, 5.41) is -0.140. The molecular weight excluding hydrogens is 204 g/mol. The van der Waals surface area contributed by atoms with Crippen molar-refractivity contribution in [1.82, 2.24) is 0 Å². The molecule has 0 saturated carbocycles. The Bertz CT molecular complexity index is 365. The topological polar surface area (TPSA) is 34.1 Å². The third-order valence-corrected chi connectivity index (χ3v) is 4.21. The number of aryl methyl sites for hydroxylation is 1. The second-order valence-corrected chi connectivity index (χ2v) is 5.48. The fraction of sp³-hybridized carbons (Fsp3) is 0.333. The van der Waals surface area contributed by atoms with Crippen molar-refractivity contribution in [2.24, 2.45) is 0 Å². The van der Waals surface area contributed by atoms with Crippen LogP contribution in [0.15, 0.2) is 29.2 Å². The van der Waals surface area contributed by atoms with Gasteiger partial charge in [0.05, 0.1) is 9.98 Å². The summed E-state index contributed by atoms with van der Waals surface area (Å²) in [6.07, 6.45) is 0.918. The quantitative estimate of drug-likeness (QED) is 0.783. The van der Waals surface area contributed by atoms with Crippen molar-refractivity contribution in [2.45, 2.75) is 18.2 Å². The van der Waals surface area contributed by atoms with Crippen LogP contribution in [-0.2, 0) is 16.3 Å². The number of hydrogen-bond acceptors (Lipinski definition) is 3. The average molecular weight is 216 g/mol. The van der Waals surface area contributed by atoms with Crippen molar-refractivity contribution in [3.8, 4) is 0 Å². The van der Waals surface area contributed by atoms with Gasteiger partial charge in [0.2, 0.25) is 0 Å². The van der Waals surface area contributed by atoms with Gasteiger partial charge in [-0.1, -0.05) is 19.1 Å². The first-order valence-electron chi connectivity index (χ1n) is 4.02. The highest BCUT2D eigenvalue weighted by molar-refractivity contribution is 8.03. The number of hydrogen-bond donors (Lipinski definition) is 1. The summed E-state index contributed by atoms with van der Waals surface area (Å²) in [5.41, 5.74) is 1.14. The Hall–Kier alpha value is -0.480. The third-order valence-electron chi connectivity index (χ3n) is 1.86. The van der Waals surface area contributed by atoms with E-state index in [0.29, 0.717) is 4.90 Å². The zero-order valence-electron chi connectivity index (χ0n) is 7.40. The van der Waals surface area contributed by atoms with Crippen LogP contribution in [-0.4, -0.2) is 13.5 Å². The van der Waals surface area contributed by atoms with E-state index in [-0.39, 0.29) is 5.08 Å². The lowest BCUT2D eigenvalue weighted by Gasteiger charge is -2.01. The van der Waals surface area contributed by atoms with E-state index in [4.69, 9.17) is 0 Å². The van der Waals surface area contributed by atoms with Crippen LogP contribution < -0.4 is 0 Å². The molecule has 2 nitrogen and oxygen atoms in total. The summed E-state index contributed by atoms with van der Waals surface area (Å²) < 4.78 is 22.6. The predicted molar refractivity (Wildman–Crippen MR) is 56.9 cm³/mol. The molecule has 0 bridgehead atoms. The number of rotatable bonds is 3. The molecule has 0 N–H and O–H groups in total. The fourth-order valence-corrected chi connectivity index (χ4v) is 2.15. The van der Waals surface area contributed by atoms with Gasteiger partial charge < -0.3 is 0 Å². The highest BCUT2D eigenvalue weighted by Crippen LogP contribution is 2.13. The standard InChI is InChI=1S/C9H12O2S2/c1-2-8-3-5-9(6-4-8)13(10,11)7-12/h3-6,12H,2,7H2,1H3. The Morgan fingerprint density at radius 1 is 1.23 bits per heavy atom. The van der Waals surface area contributed by atoms with Crippen molar-refractivity contribution >= 4 is 22.5 Å². The number of benzene rings is 1. The van der Waals surface area contributed by atoms with Crippen molar-refractivity contribution < 1.29 is 8.42 Å². The molecule has 72 valence electrons. The molecule has 0 aliphatic rings. The van der Waals surface area contributed by atoms with E-state index in [0.717, 1.165) is 12.0 Å². The zero-order valence-corrected chi connectivity index (χ0v) is 9.11. The molecule has 0 amide bonds. The summed E-state index contributed by atoms with van der Waals surface area (Å²) >= 11 is 3.77. The Labute approximate surface area is 84.3 Å². The first-order chi connectivity index (χ1) is 6.10. The summed E-state index contributed by atoms with van der Waals surface area (Å²) in [4.78, 5) is 0.347. The van der Waals surface area contributed by atoms with Gasteiger partial charge in [-0.15, -0.1) is 0 Å². The van der Waals surface area contributed by atoms with Gasteiger partial charge in [0, 0.05) is 0 Å². The highest BCUT2D eigenvalue weighted by atomic mass is 32.2. The Morgan fingerprint density at radius 3 is 2.15 bits per heavy atom. The monoisotopic (exact) mass is 216 g/mol. The van der Waals surface area contributed by atoms with E-state index in [1.54, 1.807) is 12.1 Å². The molecule has 1 aromatic carbocycles. The van der Waals surface area contributed by atoms with E-state index < -0.39 is 9.84 Å². The van der Waals surface area contributed by atoms with E-state index >= 15 is 0 Å². The lowest BCUT2D eigenvalue weighted by molar-refractivity contribution is 0.601. The van der Waals surface area contributed by atoms with E-state index in [1.807, 2.05) is 19.1 Å². The van der Waals surface area contributed by atoms with Gasteiger partial charge >= 0.3 is 0 Å². The van der Waals surface area contributed by atoms with E-state index in [2.05, 4.69) is 12.6 Å². The largest absolute Gasteiger partial charge is 0.223 e. The normalized spacial score (nSPS) is 11.5. The van der Waals surface area contributed by atoms with Gasteiger partial charge in [-0.25, -0.2) is 8.42 Å². The Balaban J connectivity index is 3.06. The lowest BCUT2D eigenvalue weighted by atomic mass is 10.2. The minimum absolute atomic E-state index is 0.140. The predicted octanol–water partition coefficient (Wildman–Crippen LogP) is 1.91. The highest BCUT2D eigenvalue weighted by Gasteiger charge is 2.10. The molecule has 0 fully saturated rings. The molecule has 0 spiro atoms. The molecule has 0 atom stereocenters. The zero-order chi connectivity index (χ0) is 9.90. The first-order valence-corrected chi connectivity index (χ1v) is 6.31. The van der Waals surface area contributed by atoms with Crippen LogP contribution >= 0.6 is 12.6 Å². The molecule has 0 radical (unpaired) electrons.